The van der Waals surface area contributed by atoms with Crippen molar-refractivity contribution in [3.63, 3.8) is 0 Å². The first-order valence-corrected chi connectivity index (χ1v) is 3.71. The Morgan fingerprint density at radius 1 is 1.44 bits per heavy atom. The first-order chi connectivity index (χ1) is 4.20. The van der Waals surface area contributed by atoms with E-state index in [0.29, 0.717) is 11.8 Å². The van der Waals surface area contributed by atoms with Crippen LogP contribution in [0.25, 0.3) is 0 Å². The Balaban J connectivity index is 2.35. The van der Waals surface area contributed by atoms with Gasteiger partial charge in [-0.3, -0.25) is 0 Å². The third-order valence-corrected chi connectivity index (χ3v) is 2.32. The van der Waals surface area contributed by atoms with Crippen LogP contribution in [0.15, 0.2) is 0 Å². The molecule has 53 valence electrons. The lowest BCUT2D eigenvalue weighted by molar-refractivity contribution is 0.108. The molecule has 0 aliphatic heterocycles. The molecule has 1 aliphatic carbocycles. The summed E-state index contributed by atoms with van der Waals surface area (Å²) in [5.74, 6) is 1.38. The van der Waals surface area contributed by atoms with Crippen LogP contribution in [0.3, 0.4) is 0 Å². The highest BCUT2D eigenvalue weighted by atomic mass is 16.3. The molecule has 1 heteroatoms. The molecule has 1 aliphatic rings. The van der Waals surface area contributed by atoms with Gasteiger partial charge in [0.2, 0.25) is 0 Å². The molecule has 1 N–H and O–H groups in total. The maximum absolute atomic E-state index is 9.17. The molecule has 1 radical (unpaired) electrons. The summed E-state index contributed by atoms with van der Waals surface area (Å²) in [5, 5.41) is 9.17. The molecule has 0 saturated heterocycles. The average molecular weight is 127 g/mol. The fraction of sp³-hybridized carbons (Fsp3) is 0.875. The van der Waals surface area contributed by atoms with E-state index in [9.17, 15) is 0 Å². The van der Waals surface area contributed by atoms with Crippen molar-refractivity contribution in [1.82, 2.24) is 0 Å². The Morgan fingerprint density at radius 3 is 2.56 bits per heavy atom. The summed E-state index contributed by atoms with van der Waals surface area (Å²) in [4.78, 5) is 0. The third-order valence-electron chi connectivity index (χ3n) is 2.32. The summed E-state index contributed by atoms with van der Waals surface area (Å²) >= 11 is 0. The quantitative estimate of drug-likeness (QED) is 0.524. The maximum atomic E-state index is 9.17. The van der Waals surface area contributed by atoms with Crippen molar-refractivity contribution >= 4 is 0 Å². The van der Waals surface area contributed by atoms with Crippen molar-refractivity contribution in [2.24, 2.45) is 11.8 Å². The summed E-state index contributed by atoms with van der Waals surface area (Å²) in [6.45, 7) is 4.42. The van der Waals surface area contributed by atoms with Gasteiger partial charge in [-0.2, -0.15) is 0 Å². The number of rotatable bonds is 0. The third kappa shape index (κ3) is 1.68. The molecule has 0 spiro atoms. The highest BCUT2D eigenvalue weighted by molar-refractivity contribution is 4.86. The van der Waals surface area contributed by atoms with Crippen molar-refractivity contribution in [3.05, 3.63) is 6.42 Å². The van der Waals surface area contributed by atoms with Crippen LogP contribution in [0.4, 0.5) is 0 Å². The van der Waals surface area contributed by atoms with Gasteiger partial charge in [-0.1, -0.05) is 13.8 Å². The molecule has 0 aromatic carbocycles. The van der Waals surface area contributed by atoms with E-state index in [1.165, 1.54) is 0 Å². The van der Waals surface area contributed by atoms with E-state index in [2.05, 4.69) is 20.3 Å². The zero-order valence-electron chi connectivity index (χ0n) is 6.17. The van der Waals surface area contributed by atoms with Crippen molar-refractivity contribution in [1.29, 1.82) is 0 Å². The minimum Gasteiger partial charge on any atom is -0.393 e. The minimum absolute atomic E-state index is 0.0591. The molecular formula is C8H15O. The van der Waals surface area contributed by atoms with Gasteiger partial charge in [0.15, 0.2) is 0 Å². The molecular weight excluding hydrogens is 112 g/mol. The predicted octanol–water partition coefficient (Wildman–Crippen LogP) is 1.62. The van der Waals surface area contributed by atoms with Gasteiger partial charge in [-0.05, 0) is 31.1 Å². The topological polar surface area (TPSA) is 20.2 Å². The standard InChI is InChI=1S/C8H15O/c1-6-3-4-8(9)5-7(6)2/h3,6-9H,4-5H2,1-2H3. The summed E-state index contributed by atoms with van der Waals surface area (Å²) in [7, 11) is 0. The Labute approximate surface area is 57.1 Å². The van der Waals surface area contributed by atoms with Crippen LogP contribution < -0.4 is 0 Å². The molecule has 0 amide bonds. The normalized spacial score (nSPS) is 45.0. The largest absolute Gasteiger partial charge is 0.393 e. The van der Waals surface area contributed by atoms with Crippen LogP contribution in [-0.2, 0) is 0 Å². The zero-order chi connectivity index (χ0) is 6.85. The van der Waals surface area contributed by atoms with E-state index < -0.39 is 0 Å². The van der Waals surface area contributed by atoms with E-state index in [-0.39, 0.29) is 6.10 Å². The number of hydrogen-bond acceptors (Lipinski definition) is 1. The van der Waals surface area contributed by atoms with Crippen molar-refractivity contribution in [3.8, 4) is 0 Å². The second-order valence-electron chi connectivity index (χ2n) is 3.20. The van der Waals surface area contributed by atoms with Gasteiger partial charge in [0.1, 0.15) is 0 Å². The van der Waals surface area contributed by atoms with Crippen molar-refractivity contribution < 1.29 is 5.11 Å². The lowest BCUT2D eigenvalue weighted by Gasteiger charge is -2.28. The second kappa shape index (κ2) is 2.70. The summed E-state index contributed by atoms with van der Waals surface area (Å²) in [6.07, 6.45) is 4.04. The summed E-state index contributed by atoms with van der Waals surface area (Å²) < 4.78 is 0. The SMILES string of the molecule is CC1[CH]CC(O)CC1C. The van der Waals surface area contributed by atoms with E-state index in [4.69, 9.17) is 5.11 Å². The number of aliphatic hydroxyl groups excluding tert-OH is 1. The lowest BCUT2D eigenvalue weighted by Crippen LogP contribution is -2.24. The van der Waals surface area contributed by atoms with Gasteiger partial charge in [-0.25, -0.2) is 0 Å². The number of aliphatic hydroxyl groups is 1. The molecule has 1 nitrogen and oxygen atoms in total. The molecule has 0 aromatic rings. The Bertz CT molecular complexity index is 90.6. The van der Waals surface area contributed by atoms with Gasteiger partial charge >= 0.3 is 0 Å². The average Bonchev–Trinajstić information content (AvgIpc) is 1.80. The Kier molecular flexibility index (Phi) is 2.12. The van der Waals surface area contributed by atoms with Gasteiger partial charge in [-0.15, -0.1) is 0 Å². The van der Waals surface area contributed by atoms with Gasteiger partial charge < -0.3 is 5.11 Å². The fourth-order valence-electron chi connectivity index (χ4n) is 1.34. The summed E-state index contributed by atoms with van der Waals surface area (Å²) in [6, 6.07) is 0. The first-order valence-electron chi connectivity index (χ1n) is 3.71. The highest BCUT2D eigenvalue weighted by Crippen LogP contribution is 2.27. The van der Waals surface area contributed by atoms with E-state index in [1.54, 1.807) is 0 Å². The highest BCUT2D eigenvalue weighted by Gasteiger charge is 2.22. The molecule has 0 bridgehead atoms. The molecule has 1 rings (SSSR count). The van der Waals surface area contributed by atoms with Gasteiger partial charge in [0.25, 0.3) is 0 Å². The predicted molar refractivity (Wildman–Crippen MR) is 37.9 cm³/mol. The Hall–Kier alpha value is -0.0400. The van der Waals surface area contributed by atoms with E-state index in [1.807, 2.05) is 0 Å². The van der Waals surface area contributed by atoms with E-state index in [0.717, 1.165) is 12.8 Å². The zero-order valence-corrected chi connectivity index (χ0v) is 6.17. The van der Waals surface area contributed by atoms with Gasteiger partial charge in [0.05, 0.1) is 6.10 Å². The first kappa shape index (κ1) is 7.07. The molecule has 3 atom stereocenters. The molecule has 0 aromatic heterocycles. The molecule has 3 unspecified atom stereocenters. The van der Waals surface area contributed by atoms with Crippen LogP contribution in [0.5, 0.6) is 0 Å². The molecule has 1 saturated carbocycles. The van der Waals surface area contributed by atoms with Crippen LogP contribution in [0, 0.1) is 18.3 Å². The van der Waals surface area contributed by atoms with Crippen LogP contribution in [0.2, 0.25) is 0 Å². The minimum atomic E-state index is -0.0591. The van der Waals surface area contributed by atoms with E-state index >= 15 is 0 Å². The van der Waals surface area contributed by atoms with Crippen LogP contribution in [-0.4, -0.2) is 11.2 Å². The summed E-state index contributed by atoms with van der Waals surface area (Å²) in [5.41, 5.74) is 0. The van der Waals surface area contributed by atoms with Gasteiger partial charge in [0, 0.05) is 0 Å². The fourth-order valence-corrected chi connectivity index (χ4v) is 1.34. The molecule has 9 heavy (non-hydrogen) atoms. The maximum Gasteiger partial charge on any atom is 0.0545 e. The van der Waals surface area contributed by atoms with Crippen LogP contribution >= 0.6 is 0 Å². The second-order valence-corrected chi connectivity index (χ2v) is 3.20. The number of hydrogen-bond donors (Lipinski definition) is 1. The molecule has 0 heterocycles. The monoisotopic (exact) mass is 127 g/mol. The Morgan fingerprint density at radius 2 is 2.11 bits per heavy atom. The van der Waals surface area contributed by atoms with Crippen molar-refractivity contribution in [2.75, 3.05) is 0 Å². The van der Waals surface area contributed by atoms with Crippen molar-refractivity contribution in [2.45, 2.75) is 32.8 Å². The smallest absolute Gasteiger partial charge is 0.0545 e. The van der Waals surface area contributed by atoms with Crippen LogP contribution in [0.1, 0.15) is 26.7 Å². The lowest BCUT2D eigenvalue weighted by atomic mass is 9.80. The molecule has 1 fully saturated rings.